The normalized spacial score (nSPS) is 17.1. The Morgan fingerprint density at radius 3 is 2.66 bits per heavy atom. The number of carbonyl (C=O) groups excluding carboxylic acids is 4. The lowest BCUT2D eigenvalue weighted by molar-refractivity contribution is -0.145. The van der Waals surface area contributed by atoms with Gasteiger partial charge in [-0.25, -0.2) is 9.40 Å². The molecule has 0 bridgehead atoms. The molecule has 0 spiro atoms. The van der Waals surface area contributed by atoms with Crippen molar-refractivity contribution in [2.24, 2.45) is 11.8 Å². The number of H-pyrrole nitrogens is 1. The van der Waals surface area contributed by atoms with Crippen LogP contribution in [0.15, 0.2) is 24.3 Å². The van der Waals surface area contributed by atoms with E-state index in [0.717, 1.165) is 0 Å². The van der Waals surface area contributed by atoms with Gasteiger partial charge in [0.2, 0.25) is 5.91 Å². The topological polar surface area (TPSA) is 133 Å². The zero-order valence-corrected chi connectivity index (χ0v) is 20.4. The third-order valence-corrected chi connectivity index (χ3v) is 5.87. The molecule has 2 aromatic rings. The smallest absolute Gasteiger partial charge is 0.291 e. The van der Waals surface area contributed by atoms with Crippen LogP contribution in [0.5, 0.6) is 5.75 Å². The Labute approximate surface area is 206 Å². The van der Waals surface area contributed by atoms with Crippen molar-refractivity contribution in [3.05, 3.63) is 30.0 Å². The number of halogens is 2. The lowest BCUT2D eigenvalue weighted by Gasteiger charge is -2.28. The van der Waals surface area contributed by atoms with Gasteiger partial charge in [0, 0.05) is 17.4 Å². The maximum atomic E-state index is 13.6. The summed E-state index contributed by atoms with van der Waals surface area (Å²) >= 11 is 5.33. The number of hydrazine groups is 1. The number of amides is 4. The molecule has 0 radical (unpaired) electrons. The first-order valence-corrected chi connectivity index (χ1v) is 11.7. The van der Waals surface area contributed by atoms with E-state index >= 15 is 0 Å². The van der Waals surface area contributed by atoms with E-state index in [4.69, 9.17) is 16.3 Å². The highest BCUT2D eigenvalue weighted by molar-refractivity contribution is 6.29. The summed E-state index contributed by atoms with van der Waals surface area (Å²) in [7, 11) is 1.52. The van der Waals surface area contributed by atoms with E-state index in [9.17, 15) is 23.6 Å². The van der Waals surface area contributed by atoms with Crippen molar-refractivity contribution in [2.75, 3.05) is 20.2 Å². The number of aromatic nitrogens is 1. The maximum absolute atomic E-state index is 13.6. The van der Waals surface area contributed by atoms with E-state index in [2.05, 4.69) is 21.0 Å². The zero-order chi connectivity index (χ0) is 25.7. The Morgan fingerprint density at radius 2 is 2.06 bits per heavy atom. The summed E-state index contributed by atoms with van der Waals surface area (Å²) < 4.78 is 18.9. The molecule has 2 heterocycles. The predicted octanol–water partition coefficient (Wildman–Crippen LogP) is 1.85. The van der Waals surface area contributed by atoms with Crippen LogP contribution in [0.25, 0.3) is 10.9 Å². The summed E-state index contributed by atoms with van der Waals surface area (Å²) in [5, 5.41) is 6.71. The van der Waals surface area contributed by atoms with Crippen LogP contribution in [0.2, 0.25) is 0 Å². The SMILES string of the molecule is COc1cccc2[nH]c(C(=O)N[C@@H](CC(C)C)C(=O)NN(C[C@H]3CCNC3=O)C(=O)[C@H](F)Cl)cc12. The molecule has 190 valence electrons. The van der Waals surface area contributed by atoms with Crippen molar-refractivity contribution in [2.45, 2.75) is 38.4 Å². The average Bonchev–Trinajstić information content (AvgIpc) is 3.43. The number of ether oxygens (including phenoxy) is 1. The summed E-state index contributed by atoms with van der Waals surface area (Å²) in [6.07, 6.45) is 0.667. The number of nitrogens with one attached hydrogen (secondary N) is 4. The highest BCUT2D eigenvalue weighted by Crippen LogP contribution is 2.26. The molecule has 3 atom stereocenters. The van der Waals surface area contributed by atoms with Gasteiger partial charge in [0.25, 0.3) is 23.4 Å². The van der Waals surface area contributed by atoms with Gasteiger partial charge in [-0.3, -0.25) is 24.6 Å². The molecule has 1 aromatic carbocycles. The molecule has 1 aliphatic rings. The number of hydrogen-bond donors (Lipinski definition) is 4. The van der Waals surface area contributed by atoms with Gasteiger partial charge in [-0.15, -0.1) is 0 Å². The average molecular weight is 510 g/mol. The minimum Gasteiger partial charge on any atom is -0.496 e. The monoisotopic (exact) mass is 509 g/mol. The maximum Gasteiger partial charge on any atom is 0.291 e. The van der Waals surface area contributed by atoms with Crippen LogP contribution in [0.4, 0.5) is 4.39 Å². The summed E-state index contributed by atoms with van der Waals surface area (Å²) in [4.78, 5) is 53.3. The summed E-state index contributed by atoms with van der Waals surface area (Å²) in [6.45, 7) is 3.90. The minimum absolute atomic E-state index is 0.000528. The second kappa shape index (κ2) is 11.4. The van der Waals surface area contributed by atoms with Crippen LogP contribution in [0, 0.1) is 11.8 Å². The molecule has 0 saturated carbocycles. The zero-order valence-electron chi connectivity index (χ0n) is 19.7. The van der Waals surface area contributed by atoms with Crippen LogP contribution in [0.1, 0.15) is 37.2 Å². The number of benzene rings is 1. The van der Waals surface area contributed by atoms with E-state index in [1.807, 2.05) is 13.8 Å². The van der Waals surface area contributed by atoms with Gasteiger partial charge in [0.05, 0.1) is 19.6 Å². The van der Waals surface area contributed by atoms with Gasteiger partial charge < -0.3 is 20.4 Å². The van der Waals surface area contributed by atoms with Crippen LogP contribution in [0.3, 0.4) is 0 Å². The highest BCUT2D eigenvalue weighted by Gasteiger charge is 2.33. The first-order chi connectivity index (χ1) is 16.6. The quantitative estimate of drug-likeness (QED) is 0.302. The molecule has 1 saturated heterocycles. The van der Waals surface area contributed by atoms with Crippen molar-refractivity contribution >= 4 is 46.1 Å². The van der Waals surface area contributed by atoms with E-state index in [1.54, 1.807) is 24.3 Å². The van der Waals surface area contributed by atoms with E-state index in [-0.39, 0.29) is 30.5 Å². The van der Waals surface area contributed by atoms with E-state index in [1.165, 1.54) is 7.11 Å². The molecule has 10 nitrogen and oxygen atoms in total. The lowest BCUT2D eigenvalue weighted by Crippen LogP contribution is -2.57. The molecular formula is C23H29ClFN5O5. The number of hydrogen-bond acceptors (Lipinski definition) is 5. The Balaban J connectivity index is 1.77. The number of alkyl halides is 2. The van der Waals surface area contributed by atoms with Crippen molar-refractivity contribution in [3.8, 4) is 5.75 Å². The first-order valence-electron chi connectivity index (χ1n) is 11.2. The number of carbonyl (C=O) groups is 4. The van der Waals surface area contributed by atoms with Gasteiger partial charge in [-0.1, -0.05) is 31.5 Å². The molecule has 1 fully saturated rings. The Hall–Kier alpha value is -3.34. The Bertz CT molecular complexity index is 1110. The lowest BCUT2D eigenvalue weighted by atomic mass is 10.0. The van der Waals surface area contributed by atoms with Gasteiger partial charge in [0.15, 0.2) is 0 Å². The van der Waals surface area contributed by atoms with Gasteiger partial charge in [0.1, 0.15) is 17.5 Å². The van der Waals surface area contributed by atoms with E-state index < -0.39 is 35.3 Å². The third kappa shape index (κ3) is 6.41. The van der Waals surface area contributed by atoms with E-state index in [0.29, 0.717) is 34.6 Å². The standard InChI is InChI=1S/C23H29ClFN5O5/c1-12(2)9-16(28-21(32)17-10-14-15(27-17)5-4-6-18(14)35-3)22(33)29-30(23(34)19(24)25)11-13-7-8-26-20(13)31/h4-6,10,12-13,16,19,27H,7-9,11H2,1-3H3,(H,26,31)(H,28,32)(H,29,33)/t13-,16+,19+/m1/s1. The van der Waals surface area contributed by atoms with Crippen molar-refractivity contribution in [3.63, 3.8) is 0 Å². The molecule has 35 heavy (non-hydrogen) atoms. The molecule has 1 aromatic heterocycles. The van der Waals surface area contributed by atoms with Gasteiger partial charge in [-0.2, -0.15) is 0 Å². The van der Waals surface area contributed by atoms with Crippen LogP contribution < -0.4 is 20.8 Å². The number of aromatic amines is 1. The molecular weight excluding hydrogens is 481 g/mol. The first kappa shape index (κ1) is 26.3. The van der Waals surface area contributed by atoms with Gasteiger partial charge >= 0.3 is 0 Å². The fourth-order valence-electron chi connectivity index (χ4n) is 3.93. The number of rotatable bonds is 9. The largest absolute Gasteiger partial charge is 0.496 e. The van der Waals surface area contributed by atoms with Crippen molar-refractivity contribution in [1.29, 1.82) is 0 Å². The Kier molecular flexibility index (Phi) is 8.55. The summed E-state index contributed by atoms with van der Waals surface area (Å²) in [6, 6.07) is 5.90. The van der Waals surface area contributed by atoms with Crippen LogP contribution >= 0.6 is 11.6 Å². The summed E-state index contributed by atoms with van der Waals surface area (Å²) in [5.74, 6) is -2.81. The number of fused-ring (bicyclic) bond motifs is 1. The van der Waals surface area contributed by atoms with Crippen molar-refractivity contribution in [1.82, 2.24) is 26.1 Å². The second-order valence-electron chi connectivity index (χ2n) is 8.76. The van der Waals surface area contributed by atoms with Crippen LogP contribution in [-0.2, 0) is 14.4 Å². The molecule has 4 N–H and O–H groups in total. The van der Waals surface area contributed by atoms with Crippen LogP contribution in [-0.4, -0.2) is 65.5 Å². The molecule has 1 aliphatic heterocycles. The third-order valence-electron chi connectivity index (χ3n) is 5.68. The number of nitrogens with zero attached hydrogens (tertiary/aromatic N) is 1. The Morgan fingerprint density at radius 1 is 1.31 bits per heavy atom. The fourth-order valence-corrected chi connectivity index (χ4v) is 4.04. The molecule has 3 rings (SSSR count). The molecule has 12 heteroatoms. The minimum atomic E-state index is -2.40. The number of methoxy groups -OCH3 is 1. The molecule has 0 unspecified atom stereocenters. The molecule has 0 aliphatic carbocycles. The van der Waals surface area contributed by atoms with Crippen molar-refractivity contribution < 1.29 is 28.3 Å². The predicted molar refractivity (Wildman–Crippen MR) is 127 cm³/mol. The molecule has 4 amide bonds. The highest BCUT2D eigenvalue weighted by atomic mass is 35.5. The summed E-state index contributed by atoms with van der Waals surface area (Å²) in [5.41, 5.74) is 0.841. The van der Waals surface area contributed by atoms with Gasteiger partial charge in [-0.05, 0) is 37.0 Å². The fraction of sp³-hybridized carbons (Fsp3) is 0.478. The second-order valence-corrected chi connectivity index (χ2v) is 9.15.